The van der Waals surface area contributed by atoms with E-state index in [-0.39, 0.29) is 44.4 Å². The number of anilines is 1. The van der Waals surface area contributed by atoms with E-state index < -0.39 is 29.9 Å². The molecule has 0 fully saturated rings. The van der Waals surface area contributed by atoms with Crippen molar-refractivity contribution in [3.05, 3.63) is 41.9 Å². The molecule has 302 valence electrons. The average molecular weight is 773 g/mol. The van der Waals surface area contributed by atoms with Gasteiger partial charge in [-0.05, 0) is 36.5 Å². The number of carbonyl (C=O) groups excluding carboxylic acids is 4. The Kier molecular flexibility index (Phi) is 27.8. The zero-order chi connectivity index (χ0) is 39.1. The third-order valence-corrected chi connectivity index (χ3v) is 7.28. The zero-order valence-electron chi connectivity index (χ0n) is 31.2. The largest absolute Gasteiger partial charge is 0.490 e. The van der Waals surface area contributed by atoms with Crippen molar-refractivity contribution < 1.29 is 52.3 Å². The maximum atomic E-state index is 13.4. The molecule has 3 atom stereocenters. The van der Waals surface area contributed by atoms with Crippen LogP contribution >= 0.6 is 9.24 Å². The van der Waals surface area contributed by atoms with Crippen LogP contribution in [-0.4, -0.2) is 128 Å². The Labute approximate surface area is 315 Å². The van der Waals surface area contributed by atoms with Crippen LogP contribution in [0.2, 0.25) is 0 Å². The maximum absolute atomic E-state index is 13.4. The number of hydrogen-bond donors (Lipinski definition) is 6. The van der Waals surface area contributed by atoms with Gasteiger partial charge >= 0.3 is 6.03 Å². The van der Waals surface area contributed by atoms with Gasteiger partial charge in [-0.1, -0.05) is 41.8 Å². The molecular formula is C35H61N6O11P. The molecule has 0 aliphatic rings. The first-order valence-corrected chi connectivity index (χ1v) is 18.4. The van der Waals surface area contributed by atoms with Crippen molar-refractivity contribution in [2.75, 3.05) is 97.7 Å². The van der Waals surface area contributed by atoms with Crippen LogP contribution in [-0.2, 0) is 54.1 Å². The number of primary amides is 1. The number of rotatable bonds is 33. The number of ether oxygens (including phenoxy) is 7. The summed E-state index contributed by atoms with van der Waals surface area (Å²) in [5, 5.41) is 10.8. The Morgan fingerprint density at radius 2 is 1.26 bits per heavy atom. The molecule has 0 saturated heterocycles. The van der Waals surface area contributed by atoms with E-state index in [2.05, 4.69) is 37.1 Å². The number of nitrogens with two attached hydrogens (primary N) is 2. The highest BCUT2D eigenvalue weighted by Gasteiger charge is 2.28. The van der Waals surface area contributed by atoms with Crippen LogP contribution in [0.1, 0.15) is 38.7 Å². The van der Waals surface area contributed by atoms with Crippen LogP contribution in [0.5, 0.6) is 0 Å². The first kappa shape index (κ1) is 47.6. The molecule has 0 aliphatic heterocycles. The Hall–Kier alpha value is -3.41. The Morgan fingerprint density at radius 3 is 1.74 bits per heavy atom. The van der Waals surface area contributed by atoms with E-state index in [0.29, 0.717) is 96.8 Å². The third-order valence-electron chi connectivity index (χ3n) is 7.11. The second-order valence-electron chi connectivity index (χ2n) is 11.9. The summed E-state index contributed by atoms with van der Waals surface area (Å²) in [6.45, 7) is 13.2. The molecule has 1 aromatic rings. The van der Waals surface area contributed by atoms with Crippen molar-refractivity contribution in [1.82, 2.24) is 16.0 Å². The lowest BCUT2D eigenvalue weighted by Crippen LogP contribution is -2.54. The lowest BCUT2D eigenvalue weighted by Gasteiger charge is -2.25. The van der Waals surface area contributed by atoms with E-state index in [0.717, 1.165) is 5.56 Å². The number of carbonyl (C=O) groups is 4. The molecule has 1 unspecified atom stereocenters. The van der Waals surface area contributed by atoms with Gasteiger partial charge in [0.15, 0.2) is 0 Å². The lowest BCUT2D eigenvalue weighted by molar-refractivity contribution is -0.132. The second-order valence-corrected chi connectivity index (χ2v) is 12.6. The van der Waals surface area contributed by atoms with Gasteiger partial charge in [0.25, 0.3) is 0 Å². The van der Waals surface area contributed by atoms with E-state index in [9.17, 15) is 19.2 Å². The van der Waals surface area contributed by atoms with Crippen LogP contribution in [0.25, 0.3) is 0 Å². The van der Waals surface area contributed by atoms with Crippen LogP contribution < -0.4 is 32.7 Å². The smallest absolute Gasteiger partial charge is 0.312 e. The van der Waals surface area contributed by atoms with Crippen LogP contribution in [0.3, 0.4) is 0 Å². The Bertz CT molecular complexity index is 1180. The van der Waals surface area contributed by atoms with E-state index >= 15 is 0 Å². The van der Waals surface area contributed by atoms with Crippen molar-refractivity contribution in [2.24, 2.45) is 17.4 Å². The minimum atomic E-state index is -0.955. The minimum Gasteiger partial charge on any atom is -0.490 e. The van der Waals surface area contributed by atoms with Gasteiger partial charge in [-0.2, -0.15) is 0 Å². The molecule has 0 aromatic heterocycles. The molecule has 18 heteroatoms. The molecule has 0 bridgehead atoms. The van der Waals surface area contributed by atoms with E-state index in [4.69, 9.17) is 44.6 Å². The van der Waals surface area contributed by atoms with Gasteiger partial charge < -0.3 is 65.9 Å². The van der Waals surface area contributed by atoms with Gasteiger partial charge in [-0.3, -0.25) is 14.4 Å². The van der Waals surface area contributed by atoms with Crippen LogP contribution in [0.15, 0.2) is 36.3 Å². The summed E-state index contributed by atoms with van der Waals surface area (Å²) in [4.78, 5) is 50.4. The van der Waals surface area contributed by atoms with Gasteiger partial charge in [-0.25, -0.2) is 4.79 Å². The SMILES string of the molecule is C=C(P)OCc1ccc(NC(=O)[C@H](CCCNC(N)=O)NC(=O)[C@@H](NC(=O)CCOCCOCCOCCOCCOCCOCCN)C(C)C)cc1. The molecule has 1 aromatic carbocycles. The number of nitrogens with one attached hydrogen (secondary N) is 4. The van der Waals surface area contributed by atoms with Crippen molar-refractivity contribution in [3.63, 3.8) is 0 Å². The molecule has 0 aliphatic carbocycles. The fourth-order valence-electron chi connectivity index (χ4n) is 4.37. The normalized spacial score (nSPS) is 12.2. The lowest BCUT2D eigenvalue weighted by atomic mass is 10.0. The van der Waals surface area contributed by atoms with E-state index in [1.807, 2.05) is 0 Å². The van der Waals surface area contributed by atoms with Crippen LogP contribution in [0.4, 0.5) is 10.5 Å². The zero-order valence-corrected chi connectivity index (χ0v) is 32.4. The van der Waals surface area contributed by atoms with Gasteiger partial charge in [0, 0.05) is 25.2 Å². The Morgan fingerprint density at radius 1 is 0.755 bits per heavy atom. The minimum absolute atomic E-state index is 0.0294. The monoisotopic (exact) mass is 772 g/mol. The van der Waals surface area contributed by atoms with E-state index in [1.54, 1.807) is 38.1 Å². The molecule has 17 nitrogen and oxygen atoms in total. The summed E-state index contributed by atoms with van der Waals surface area (Å²) < 4.78 is 37.8. The van der Waals surface area contributed by atoms with Crippen molar-refractivity contribution in [3.8, 4) is 0 Å². The number of hydrogen-bond acceptors (Lipinski definition) is 12. The van der Waals surface area contributed by atoms with Crippen molar-refractivity contribution in [1.29, 1.82) is 0 Å². The summed E-state index contributed by atoms with van der Waals surface area (Å²) in [7, 11) is 2.37. The van der Waals surface area contributed by atoms with Gasteiger partial charge in [0.2, 0.25) is 17.7 Å². The highest BCUT2D eigenvalue weighted by Crippen LogP contribution is 2.14. The van der Waals surface area contributed by atoms with Crippen molar-refractivity contribution >= 4 is 38.7 Å². The number of benzene rings is 1. The Balaban J connectivity index is 2.38. The maximum Gasteiger partial charge on any atom is 0.312 e. The molecule has 0 saturated carbocycles. The number of amides is 5. The van der Waals surface area contributed by atoms with Gasteiger partial charge in [0.1, 0.15) is 24.2 Å². The summed E-state index contributed by atoms with van der Waals surface area (Å²) in [6.07, 6.45) is 0.600. The summed E-state index contributed by atoms with van der Waals surface area (Å²) >= 11 is 0. The number of urea groups is 1. The predicted octanol–water partition coefficient (Wildman–Crippen LogP) is 1.01. The van der Waals surface area contributed by atoms with Crippen molar-refractivity contribution in [2.45, 2.75) is 51.8 Å². The highest BCUT2D eigenvalue weighted by atomic mass is 31.0. The molecule has 0 heterocycles. The molecule has 0 radical (unpaired) electrons. The first-order valence-electron chi connectivity index (χ1n) is 17.8. The van der Waals surface area contributed by atoms with E-state index in [1.165, 1.54) is 0 Å². The highest BCUT2D eigenvalue weighted by molar-refractivity contribution is 7.21. The topological polar surface area (TPSA) is 233 Å². The molecule has 5 amide bonds. The summed E-state index contributed by atoms with van der Waals surface area (Å²) in [5.41, 5.74) is 12.4. The molecule has 53 heavy (non-hydrogen) atoms. The fourth-order valence-corrected chi connectivity index (χ4v) is 4.45. The fraction of sp³-hybridized carbons (Fsp3) is 0.657. The quantitative estimate of drug-likeness (QED) is 0.0334. The third kappa shape index (κ3) is 26.1. The summed E-state index contributed by atoms with van der Waals surface area (Å²) in [6, 6.07) is 4.49. The molecular weight excluding hydrogens is 711 g/mol. The standard InChI is InChI=1S/C35H61N6O11P/c1-26(2)32(41-31(42)10-13-46-15-17-48-19-21-50-23-24-51-22-20-49-18-16-47-14-11-36)34(44)40-30(5-4-12-38-35(37)45)33(43)39-29-8-6-28(7-9-29)25-52-27(3)53/h6-9,26,30,32H,3-5,10-25,36,53H2,1-2H3,(H,39,43)(H,40,44)(H,41,42)(H3,37,38,45)/t30-,32-/m0/s1. The first-order chi connectivity index (χ1) is 25.5. The summed E-state index contributed by atoms with van der Waals surface area (Å²) in [5.74, 6) is -1.62. The van der Waals surface area contributed by atoms with Gasteiger partial charge in [-0.15, -0.1) is 0 Å². The molecule has 1 rings (SSSR count). The second kappa shape index (κ2) is 31.0. The molecule has 8 N–H and O–H groups in total. The average Bonchev–Trinajstić information content (AvgIpc) is 3.12. The van der Waals surface area contributed by atoms with Gasteiger partial charge in [0.05, 0.1) is 79.3 Å². The molecule has 0 spiro atoms. The predicted molar refractivity (Wildman–Crippen MR) is 203 cm³/mol. The van der Waals surface area contributed by atoms with Crippen LogP contribution in [0, 0.1) is 5.92 Å².